The second-order valence-corrected chi connectivity index (χ2v) is 5.00. The number of thioether (sulfide) groups is 1. The highest BCUT2D eigenvalue weighted by molar-refractivity contribution is 7.98. The summed E-state index contributed by atoms with van der Waals surface area (Å²) >= 11 is 1.38. The van der Waals surface area contributed by atoms with Gasteiger partial charge in [0.2, 0.25) is 5.89 Å². The predicted octanol–water partition coefficient (Wildman–Crippen LogP) is 3.34. The van der Waals surface area contributed by atoms with Gasteiger partial charge in [-0.1, -0.05) is 0 Å². The largest absolute Gasteiger partial charge is 0.459 e. The zero-order valence-electron chi connectivity index (χ0n) is 10.2. The van der Waals surface area contributed by atoms with Crippen molar-refractivity contribution < 1.29 is 13.2 Å². The van der Waals surface area contributed by atoms with Crippen molar-refractivity contribution in [2.45, 2.75) is 10.6 Å². The Morgan fingerprint density at radius 2 is 2.15 bits per heavy atom. The Hall–Kier alpha value is -2.28. The monoisotopic (exact) mass is 291 g/mol. The number of hydrogen-bond acceptors (Lipinski definition) is 6. The summed E-state index contributed by atoms with van der Waals surface area (Å²) in [6.45, 7) is 0. The van der Waals surface area contributed by atoms with Gasteiger partial charge in [-0.2, -0.15) is 0 Å². The summed E-state index contributed by atoms with van der Waals surface area (Å²) in [6, 6.07) is 8.13. The van der Waals surface area contributed by atoms with E-state index in [9.17, 15) is 4.39 Å². The Morgan fingerprint density at radius 1 is 1.25 bits per heavy atom. The lowest BCUT2D eigenvalue weighted by Crippen LogP contribution is -1.90. The van der Waals surface area contributed by atoms with Gasteiger partial charge in [0.25, 0.3) is 5.89 Å². The summed E-state index contributed by atoms with van der Waals surface area (Å²) in [5.41, 5.74) is 5.55. The van der Waals surface area contributed by atoms with E-state index >= 15 is 0 Å². The molecule has 20 heavy (non-hydrogen) atoms. The topological polar surface area (TPSA) is 78.1 Å². The van der Waals surface area contributed by atoms with Crippen LogP contribution in [0.4, 0.5) is 10.1 Å². The summed E-state index contributed by atoms with van der Waals surface area (Å²) in [5, 5.41) is 7.80. The minimum absolute atomic E-state index is 0.132. The lowest BCUT2D eigenvalue weighted by atomic mass is 10.3. The quantitative estimate of drug-likeness (QED) is 0.586. The number of nitrogens with zero attached hydrogens (tertiary/aromatic N) is 2. The smallest absolute Gasteiger partial charge is 0.283 e. The highest BCUT2D eigenvalue weighted by atomic mass is 32.2. The Labute approximate surface area is 118 Å². The molecule has 0 aliphatic carbocycles. The molecule has 5 nitrogen and oxygen atoms in total. The first kappa shape index (κ1) is 12.7. The van der Waals surface area contributed by atoms with Gasteiger partial charge in [-0.15, -0.1) is 22.0 Å². The van der Waals surface area contributed by atoms with Crippen LogP contribution in [0.25, 0.3) is 11.7 Å². The molecule has 102 valence electrons. The third kappa shape index (κ3) is 2.67. The molecule has 0 saturated carbocycles. The van der Waals surface area contributed by atoms with Crippen LogP contribution < -0.4 is 5.73 Å². The first-order chi connectivity index (χ1) is 9.72. The molecule has 2 aromatic heterocycles. The third-order valence-electron chi connectivity index (χ3n) is 2.53. The van der Waals surface area contributed by atoms with Gasteiger partial charge >= 0.3 is 0 Å². The maximum atomic E-state index is 13.3. The van der Waals surface area contributed by atoms with E-state index in [1.807, 2.05) is 0 Å². The zero-order valence-corrected chi connectivity index (χ0v) is 11.1. The average Bonchev–Trinajstić information content (AvgIpc) is 3.09. The van der Waals surface area contributed by atoms with Crippen molar-refractivity contribution in [3.63, 3.8) is 0 Å². The summed E-state index contributed by atoms with van der Waals surface area (Å²) in [7, 11) is 0. The lowest BCUT2D eigenvalue weighted by molar-refractivity contribution is 0.494. The van der Waals surface area contributed by atoms with E-state index in [2.05, 4.69) is 10.2 Å². The Kier molecular flexibility index (Phi) is 3.42. The van der Waals surface area contributed by atoms with Gasteiger partial charge in [0.1, 0.15) is 5.82 Å². The minimum Gasteiger partial charge on any atom is -0.459 e. The molecule has 0 amide bonds. The number of anilines is 1. The molecule has 3 rings (SSSR count). The third-order valence-corrected chi connectivity index (χ3v) is 3.51. The standard InChI is InChI=1S/C13H10FN3O2S/c14-9-6-8(3-4-10(9)15)20-7-12-16-17-13(19-12)11-2-1-5-18-11/h1-6H,7,15H2. The second-order valence-electron chi connectivity index (χ2n) is 3.95. The lowest BCUT2D eigenvalue weighted by Gasteiger charge is -2.00. The number of halogens is 1. The summed E-state index contributed by atoms with van der Waals surface area (Å²) < 4.78 is 23.9. The van der Waals surface area contributed by atoms with Crippen LogP contribution in [0.15, 0.2) is 50.3 Å². The van der Waals surface area contributed by atoms with Crippen molar-refractivity contribution in [3.8, 4) is 11.7 Å². The molecular formula is C13H10FN3O2S. The van der Waals surface area contributed by atoms with Gasteiger partial charge in [-0.3, -0.25) is 0 Å². The second kappa shape index (κ2) is 5.38. The molecule has 2 N–H and O–H groups in total. The van der Waals surface area contributed by atoms with Crippen LogP contribution in [0, 0.1) is 5.82 Å². The number of nitrogen functional groups attached to an aromatic ring is 1. The molecule has 0 atom stereocenters. The van der Waals surface area contributed by atoms with Crippen LogP contribution in [0.1, 0.15) is 5.89 Å². The van der Waals surface area contributed by atoms with Crippen LogP contribution in [-0.2, 0) is 5.75 Å². The van der Waals surface area contributed by atoms with Crippen molar-refractivity contribution in [3.05, 3.63) is 48.3 Å². The van der Waals surface area contributed by atoms with Gasteiger partial charge in [-0.25, -0.2) is 4.39 Å². The molecule has 0 aliphatic heterocycles. The van der Waals surface area contributed by atoms with Crippen molar-refractivity contribution in [1.29, 1.82) is 0 Å². The highest BCUT2D eigenvalue weighted by Gasteiger charge is 2.11. The van der Waals surface area contributed by atoms with E-state index in [4.69, 9.17) is 14.6 Å². The highest BCUT2D eigenvalue weighted by Crippen LogP contribution is 2.26. The molecular weight excluding hydrogens is 281 g/mol. The molecule has 3 aromatic rings. The van der Waals surface area contributed by atoms with Crippen molar-refractivity contribution in [2.75, 3.05) is 5.73 Å². The van der Waals surface area contributed by atoms with Gasteiger partial charge in [0.15, 0.2) is 5.76 Å². The van der Waals surface area contributed by atoms with Crippen LogP contribution in [0.2, 0.25) is 0 Å². The molecule has 0 bridgehead atoms. The molecule has 0 fully saturated rings. The van der Waals surface area contributed by atoms with Gasteiger partial charge in [0, 0.05) is 4.90 Å². The first-order valence-corrected chi connectivity index (χ1v) is 6.75. The molecule has 2 heterocycles. The zero-order chi connectivity index (χ0) is 13.9. The molecule has 0 unspecified atom stereocenters. The minimum atomic E-state index is -0.434. The summed E-state index contributed by atoms with van der Waals surface area (Å²) in [4.78, 5) is 0.745. The fraction of sp³-hybridized carbons (Fsp3) is 0.0769. The summed E-state index contributed by atoms with van der Waals surface area (Å²) in [6.07, 6.45) is 1.53. The van der Waals surface area contributed by atoms with E-state index < -0.39 is 5.82 Å². The maximum Gasteiger partial charge on any atom is 0.283 e. The average molecular weight is 291 g/mol. The molecule has 7 heteroatoms. The van der Waals surface area contributed by atoms with Crippen LogP contribution in [0.5, 0.6) is 0 Å². The molecule has 0 radical (unpaired) electrons. The normalized spacial score (nSPS) is 10.8. The number of nitrogens with two attached hydrogens (primary N) is 1. The van der Waals surface area contributed by atoms with E-state index in [0.717, 1.165) is 4.90 Å². The predicted molar refractivity (Wildman–Crippen MR) is 72.4 cm³/mol. The number of furan rings is 1. The number of aromatic nitrogens is 2. The van der Waals surface area contributed by atoms with E-state index in [1.165, 1.54) is 30.2 Å². The van der Waals surface area contributed by atoms with E-state index in [-0.39, 0.29) is 5.69 Å². The van der Waals surface area contributed by atoms with Gasteiger partial charge < -0.3 is 14.6 Å². The van der Waals surface area contributed by atoms with Crippen LogP contribution in [-0.4, -0.2) is 10.2 Å². The Balaban J connectivity index is 1.68. The SMILES string of the molecule is Nc1ccc(SCc2nnc(-c3ccco3)o2)cc1F. The fourth-order valence-electron chi connectivity index (χ4n) is 1.55. The summed E-state index contributed by atoms with van der Waals surface area (Å²) in [5.74, 6) is 1.30. The number of rotatable bonds is 4. The van der Waals surface area contributed by atoms with Gasteiger partial charge in [0.05, 0.1) is 17.7 Å². The maximum absolute atomic E-state index is 13.3. The number of benzene rings is 1. The van der Waals surface area contributed by atoms with Crippen LogP contribution in [0.3, 0.4) is 0 Å². The van der Waals surface area contributed by atoms with E-state index in [0.29, 0.717) is 23.3 Å². The van der Waals surface area contributed by atoms with Crippen molar-refractivity contribution >= 4 is 17.4 Å². The molecule has 1 aromatic carbocycles. The first-order valence-electron chi connectivity index (χ1n) is 5.76. The molecule has 0 aliphatic rings. The molecule has 0 saturated heterocycles. The van der Waals surface area contributed by atoms with Gasteiger partial charge in [-0.05, 0) is 30.3 Å². The fourth-order valence-corrected chi connectivity index (χ4v) is 2.31. The van der Waals surface area contributed by atoms with Crippen molar-refractivity contribution in [1.82, 2.24) is 10.2 Å². The Morgan fingerprint density at radius 3 is 2.90 bits per heavy atom. The van der Waals surface area contributed by atoms with Crippen LogP contribution >= 0.6 is 11.8 Å². The van der Waals surface area contributed by atoms with E-state index in [1.54, 1.807) is 18.2 Å². The molecule has 0 spiro atoms. The number of hydrogen-bond donors (Lipinski definition) is 1. The Bertz CT molecular complexity index is 712. The van der Waals surface area contributed by atoms with Crippen molar-refractivity contribution in [2.24, 2.45) is 0 Å².